The quantitative estimate of drug-likeness (QED) is 0.814. The van der Waals surface area contributed by atoms with E-state index in [0.29, 0.717) is 12.3 Å². The summed E-state index contributed by atoms with van der Waals surface area (Å²) in [7, 11) is 0. The topological polar surface area (TPSA) is 46.3 Å². The molecule has 3 nitrogen and oxygen atoms in total. The molecule has 0 aliphatic carbocycles. The van der Waals surface area contributed by atoms with Crippen LogP contribution in [0.4, 0.5) is 5.69 Å². The van der Waals surface area contributed by atoms with E-state index in [4.69, 9.17) is 5.73 Å². The maximum absolute atomic E-state index is 12.3. The second-order valence-corrected chi connectivity index (χ2v) is 5.45. The predicted molar refractivity (Wildman–Crippen MR) is 76.2 cm³/mol. The van der Waals surface area contributed by atoms with Gasteiger partial charge in [-0.15, -0.1) is 0 Å². The van der Waals surface area contributed by atoms with Crippen molar-refractivity contribution in [3.63, 3.8) is 0 Å². The Morgan fingerprint density at radius 2 is 1.72 bits per heavy atom. The van der Waals surface area contributed by atoms with Crippen molar-refractivity contribution < 1.29 is 4.79 Å². The van der Waals surface area contributed by atoms with Gasteiger partial charge in [0.1, 0.15) is 0 Å². The Morgan fingerprint density at radius 3 is 2.17 bits per heavy atom. The fourth-order valence-corrected chi connectivity index (χ4v) is 1.91. The molecule has 0 spiro atoms. The Balaban J connectivity index is 2.69. The lowest BCUT2D eigenvalue weighted by molar-refractivity contribution is -0.132. The normalized spacial score (nSPS) is 11.0. The van der Waals surface area contributed by atoms with Crippen LogP contribution in [0.15, 0.2) is 24.3 Å². The molecule has 0 bridgehead atoms. The molecule has 0 aromatic heterocycles. The summed E-state index contributed by atoms with van der Waals surface area (Å²) >= 11 is 0. The Bertz CT molecular complexity index is 382. The molecule has 0 saturated carbocycles. The Morgan fingerprint density at radius 1 is 1.17 bits per heavy atom. The van der Waals surface area contributed by atoms with Crippen LogP contribution in [-0.4, -0.2) is 23.4 Å². The lowest BCUT2D eigenvalue weighted by atomic mass is 10.1. The molecule has 0 radical (unpaired) electrons. The van der Waals surface area contributed by atoms with Gasteiger partial charge >= 0.3 is 0 Å². The van der Waals surface area contributed by atoms with E-state index in [-0.39, 0.29) is 11.9 Å². The number of carbonyl (C=O) groups excluding carboxylic acids is 1. The average molecular weight is 248 g/mol. The molecule has 2 N–H and O–H groups in total. The first-order chi connectivity index (χ1) is 8.40. The molecule has 18 heavy (non-hydrogen) atoms. The Kier molecular flexibility index (Phi) is 5.20. The maximum Gasteiger partial charge on any atom is 0.227 e. The number of hydrogen-bond donors (Lipinski definition) is 1. The monoisotopic (exact) mass is 248 g/mol. The number of hydrogen-bond acceptors (Lipinski definition) is 2. The highest BCUT2D eigenvalue weighted by atomic mass is 16.2. The number of amides is 1. The highest BCUT2D eigenvalue weighted by molar-refractivity contribution is 5.79. The smallest absolute Gasteiger partial charge is 0.227 e. The minimum absolute atomic E-state index is 0.184. The maximum atomic E-state index is 12.3. The standard InChI is InChI=1S/C15H24N2O/c1-11(2)10-17(12(3)4)15(18)9-13-5-7-14(16)8-6-13/h5-8,11-12H,9-10,16H2,1-4H3. The van der Waals surface area contributed by atoms with E-state index in [2.05, 4.69) is 27.7 Å². The van der Waals surface area contributed by atoms with Crippen LogP contribution in [0, 0.1) is 5.92 Å². The molecular weight excluding hydrogens is 224 g/mol. The average Bonchev–Trinajstić information content (AvgIpc) is 2.28. The molecule has 1 rings (SSSR count). The van der Waals surface area contributed by atoms with Crippen LogP contribution >= 0.6 is 0 Å². The Hall–Kier alpha value is -1.51. The molecule has 1 amide bonds. The fourth-order valence-electron chi connectivity index (χ4n) is 1.91. The summed E-state index contributed by atoms with van der Waals surface area (Å²) in [6.07, 6.45) is 0.450. The van der Waals surface area contributed by atoms with Gasteiger partial charge in [-0.2, -0.15) is 0 Å². The first-order valence-corrected chi connectivity index (χ1v) is 6.54. The summed E-state index contributed by atoms with van der Waals surface area (Å²) in [6.45, 7) is 9.19. The summed E-state index contributed by atoms with van der Waals surface area (Å²) in [6, 6.07) is 7.76. The number of nitrogens with zero attached hydrogens (tertiary/aromatic N) is 1. The van der Waals surface area contributed by atoms with Crippen LogP contribution in [-0.2, 0) is 11.2 Å². The molecule has 0 atom stereocenters. The second-order valence-electron chi connectivity index (χ2n) is 5.45. The van der Waals surface area contributed by atoms with Gasteiger partial charge in [-0.1, -0.05) is 26.0 Å². The van der Waals surface area contributed by atoms with Crippen LogP contribution in [0.2, 0.25) is 0 Å². The first kappa shape index (κ1) is 14.6. The van der Waals surface area contributed by atoms with Crippen LogP contribution in [0.3, 0.4) is 0 Å². The first-order valence-electron chi connectivity index (χ1n) is 6.54. The van der Waals surface area contributed by atoms with Crippen molar-refractivity contribution in [2.45, 2.75) is 40.2 Å². The third-order valence-corrected chi connectivity index (χ3v) is 2.84. The zero-order chi connectivity index (χ0) is 13.7. The van der Waals surface area contributed by atoms with Crippen molar-refractivity contribution >= 4 is 11.6 Å². The SMILES string of the molecule is CC(C)CN(C(=O)Cc1ccc(N)cc1)C(C)C. The van der Waals surface area contributed by atoms with Crippen LogP contribution < -0.4 is 5.73 Å². The van der Waals surface area contributed by atoms with E-state index in [0.717, 1.165) is 17.8 Å². The van der Waals surface area contributed by atoms with Crippen LogP contribution in [0.5, 0.6) is 0 Å². The molecule has 0 saturated heterocycles. The van der Waals surface area contributed by atoms with E-state index in [1.807, 2.05) is 29.2 Å². The summed E-state index contributed by atoms with van der Waals surface area (Å²) in [5.41, 5.74) is 7.38. The van der Waals surface area contributed by atoms with Gasteiger partial charge in [-0.25, -0.2) is 0 Å². The summed E-state index contributed by atoms with van der Waals surface area (Å²) < 4.78 is 0. The van der Waals surface area contributed by atoms with Crippen molar-refractivity contribution in [1.29, 1.82) is 0 Å². The summed E-state index contributed by atoms with van der Waals surface area (Å²) in [5.74, 6) is 0.672. The van der Waals surface area contributed by atoms with Gasteiger partial charge in [0.05, 0.1) is 6.42 Å². The molecule has 0 aliphatic rings. The molecule has 0 heterocycles. The number of carbonyl (C=O) groups is 1. The van der Waals surface area contributed by atoms with E-state index >= 15 is 0 Å². The molecule has 0 fully saturated rings. The van der Waals surface area contributed by atoms with Gasteiger partial charge in [-0.05, 0) is 37.5 Å². The number of rotatable bonds is 5. The second kappa shape index (κ2) is 6.43. The lowest BCUT2D eigenvalue weighted by Gasteiger charge is -2.28. The van der Waals surface area contributed by atoms with E-state index < -0.39 is 0 Å². The predicted octanol–water partition coefficient (Wildman–Crippen LogP) is 2.70. The van der Waals surface area contributed by atoms with Gasteiger partial charge in [0, 0.05) is 18.3 Å². The number of nitrogens with two attached hydrogens (primary N) is 1. The van der Waals surface area contributed by atoms with Crippen molar-refractivity contribution in [3.05, 3.63) is 29.8 Å². The van der Waals surface area contributed by atoms with Crippen molar-refractivity contribution in [3.8, 4) is 0 Å². The number of benzene rings is 1. The highest BCUT2D eigenvalue weighted by Crippen LogP contribution is 2.11. The fraction of sp³-hybridized carbons (Fsp3) is 0.533. The third-order valence-electron chi connectivity index (χ3n) is 2.84. The number of anilines is 1. The minimum atomic E-state index is 0.184. The minimum Gasteiger partial charge on any atom is -0.399 e. The molecule has 1 aromatic rings. The largest absolute Gasteiger partial charge is 0.399 e. The van der Waals surface area contributed by atoms with Gasteiger partial charge in [0.2, 0.25) is 5.91 Å². The van der Waals surface area contributed by atoms with Gasteiger partial charge < -0.3 is 10.6 Å². The van der Waals surface area contributed by atoms with Crippen molar-refractivity contribution in [1.82, 2.24) is 4.90 Å². The van der Waals surface area contributed by atoms with Gasteiger partial charge in [0.25, 0.3) is 0 Å². The zero-order valence-corrected chi connectivity index (χ0v) is 11.8. The zero-order valence-electron chi connectivity index (χ0n) is 11.8. The summed E-state index contributed by atoms with van der Waals surface area (Å²) in [5, 5.41) is 0. The highest BCUT2D eigenvalue weighted by Gasteiger charge is 2.18. The number of nitrogen functional groups attached to an aromatic ring is 1. The molecule has 0 aliphatic heterocycles. The molecule has 3 heteroatoms. The van der Waals surface area contributed by atoms with E-state index in [1.54, 1.807) is 0 Å². The molecular formula is C15H24N2O. The van der Waals surface area contributed by atoms with Crippen molar-refractivity contribution in [2.75, 3.05) is 12.3 Å². The Labute approximate surface area is 110 Å². The molecule has 1 aromatic carbocycles. The lowest BCUT2D eigenvalue weighted by Crippen LogP contribution is -2.40. The van der Waals surface area contributed by atoms with Gasteiger partial charge in [0.15, 0.2) is 0 Å². The molecule has 100 valence electrons. The van der Waals surface area contributed by atoms with Crippen LogP contribution in [0.25, 0.3) is 0 Å². The third kappa shape index (κ3) is 4.40. The van der Waals surface area contributed by atoms with E-state index in [1.165, 1.54) is 0 Å². The molecule has 0 unspecified atom stereocenters. The van der Waals surface area contributed by atoms with E-state index in [9.17, 15) is 4.79 Å². The van der Waals surface area contributed by atoms with Gasteiger partial charge in [-0.3, -0.25) is 4.79 Å². The summed E-state index contributed by atoms with van der Waals surface area (Å²) in [4.78, 5) is 14.2. The van der Waals surface area contributed by atoms with Crippen LogP contribution in [0.1, 0.15) is 33.3 Å². The van der Waals surface area contributed by atoms with Crippen molar-refractivity contribution in [2.24, 2.45) is 5.92 Å².